The number of fused-ring (bicyclic) bond motifs is 2. The SMILES string of the molecule is CCOC(=O)C1=C(C)N=c2s/c(=C/C34c5ccccc5C(c5ccccc53)[C@@H]3C(=O)N(c5ccccc5)C(=O)[C@@H]34)c(=O)n2[C@H]1c1cccc2ccccc12. The first-order valence-corrected chi connectivity index (χ1v) is 19.0. The zero-order chi connectivity index (χ0) is 36.9. The molecular weight excluding hydrogens is 695 g/mol. The monoisotopic (exact) mass is 727 g/mol. The molecule has 264 valence electrons. The average molecular weight is 728 g/mol. The molecule has 5 aromatic carbocycles. The molecule has 0 N–H and O–H groups in total. The Kier molecular flexibility index (Phi) is 7.16. The molecule has 11 rings (SSSR count). The first-order valence-electron chi connectivity index (χ1n) is 18.1. The van der Waals surface area contributed by atoms with Crippen LogP contribution < -0.4 is 19.8 Å². The summed E-state index contributed by atoms with van der Waals surface area (Å²) < 4.78 is 7.56. The number of carbonyl (C=O) groups is 3. The molecule has 5 aliphatic rings. The van der Waals surface area contributed by atoms with E-state index in [1.54, 1.807) is 30.5 Å². The molecule has 8 nitrogen and oxygen atoms in total. The van der Waals surface area contributed by atoms with E-state index in [1.165, 1.54) is 16.2 Å². The molecule has 54 heavy (non-hydrogen) atoms. The van der Waals surface area contributed by atoms with Crippen molar-refractivity contribution in [2.75, 3.05) is 11.5 Å². The molecule has 2 bridgehead atoms. The Hall–Kier alpha value is -6.19. The standard InChI is InChI=1S/C45H33N3O5S/c1-3-53-43(52)35-25(2)46-44-48(39(35)29-21-13-15-26-14-7-8-18-28(26)29)40(49)34(54-44)24-45-32-22-11-9-19-30(32)36(31-20-10-12-23-33(31)45)37-38(45)42(51)47(41(37)50)27-16-5-4-6-17-27/h4-24,36-39H,3H2,1-2H3/b34-24+/t36?,37-,38+,39-,45?/m0/s1. The third-order valence-electron chi connectivity index (χ3n) is 11.7. The van der Waals surface area contributed by atoms with E-state index < -0.39 is 29.3 Å². The highest BCUT2D eigenvalue weighted by molar-refractivity contribution is 7.07. The van der Waals surface area contributed by atoms with E-state index >= 15 is 4.79 Å². The molecule has 0 spiro atoms. The molecule has 1 aromatic heterocycles. The van der Waals surface area contributed by atoms with Crippen LogP contribution in [0.15, 0.2) is 142 Å². The minimum Gasteiger partial charge on any atom is -0.463 e. The molecule has 3 atom stereocenters. The van der Waals surface area contributed by atoms with Gasteiger partial charge in [0.25, 0.3) is 5.56 Å². The van der Waals surface area contributed by atoms with Crippen LogP contribution in [0.25, 0.3) is 16.8 Å². The van der Waals surface area contributed by atoms with Crippen LogP contribution in [0.1, 0.15) is 53.6 Å². The molecule has 0 saturated carbocycles. The summed E-state index contributed by atoms with van der Waals surface area (Å²) >= 11 is 1.24. The number of nitrogens with zero attached hydrogens (tertiary/aromatic N) is 3. The van der Waals surface area contributed by atoms with Gasteiger partial charge in [-0.3, -0.25) is 19.0 Å². The Labute approximate surface area is 314 Å². The second-order valence-corrected chi connectivity index (χ2v) is 15.3. The van der Waals surface area contributed by atoms with E-state index in [1.807, 2.05) is 103 Å². The van der Waals surface area contributed by atoms with Gasteiger partial charge < -0.3 is 4.74 Å². The van der Waals surface area contributed by atoms with Gasteiger partial charge in [0.05, 0.1) is 51.4 Å². The van der Waals surface area contributed by atoms with E-state index in [4.69, 9.17) is 9.73 Å². The van der Waals surface area contributed by atoms with Crippen LogP contribution in [-0.4, -0.2) is 29.0 Å². The van der Waals surface area contributed by atoms with Crippen molar-refractivity contribution in [3.05, 3.63) is 180 Å². The van der Waals surface area contributed by atoms with Gasteiger partial charge in [-0.25, -0.2) is 14.7 Å². The van der Waals surface area contributed by atoms with Crippen LogP contribution in [0.5, 0.6) is 0 Å². The Balaban J connectivity index is 1.27. The van der Waals surface area contributed by atoms with Crippen molar-refractivity contribution in [1.29, 1.82) is 0 Å². The molecule has 3 heterocycles. The molecule has 1 fully saturated rings. The van der Waals surface area contributed by atoms with Crippen molar-refractivity contribution in [2.24, 2.45) is 16.8 Å². The van der Waals surface area contributed by atoms with Crippen molar-refractivity contribution >= 4 is 51.7 Å². The van der Waals surface area contributed by atoms with E-state index in [0.717, 1.165) is 38.6 Å². The lowest BCUT2D eigenvalue weighted by atomic mass is 9.47. The predicted molar refractivity (Wildman–Crippen MR) is 207 cm³/mol. The van der Waals surface area contributed by atoms with Crippen LogP contribution in [0.3, 0.4) is 0 Å². The number of imide groups is 1. The zero-order valence-electron chi connectivity index (χ0n) is 29.4. The summed E-state index contributed by atoms with van der Waals surface area (Å²) in [6, 6.07) is 38.1. The molecule has 0 radical (unpaired) electrons. The first-order chi connectivity index (χ1) is 26.3. The summed E-state index contributed by atoms with van der Waals surface area (Å²) in [7, 11) is 0. The summed E-state index contributed by atoms with van der Waals surface area (Å²) in [6.07, 6.45) is 1.94. The summed E-state index contributed by atoms with van der Waals surface area (Å²) in [4.78, 5) is 65.2. The number of anilines is 1. The zero-order valence-corrected chi connectivity index (χ0v) is 30.2. The molecule has 0 unspecified atom stereocenters. The average Bonchev–Trinajstić information content (AvgIpc) is 3.65. The number of carbonyl (C=O) groups excluding carboxylic acids is 3. The van der Waals surface area contributed by atoms with Gasteiger partial charge in [-0.2, -0.15) is 0 Å². The van der Waals surface area contributed by atoms with Gasteiger partial charge in [-0.05, 0) is 70.6 Å². The van der Waals surface area contributed by atoms with Gasteiger partial charge in [-0.1, -0.05) is 121 Å². The summed E-state index contributed by atoms with van der Waals surface area (Å²) in [6.45, 7) is 3.70. The normalized spacial score (nSPS) is 23.9. The third-order valence-corrected chi connectivity index (χ3v) is 12.7. The number of rotatable bonds is 5. The fraction of sp³-hybridized carbons (Fsp3) is 0.178. The van der Waals surface area contributed by atoms with Gasteiger partial charge in [0.15, 0.2) is 4.80 Å². The highest BCUT2D eigenvalue weighted by Gasteiger charge is 2.67. The lowest BCUT2D eigenvalue weighted by Crippen LogP contribution is -2.53. The number of aromatic nitrogens is 1. The van der Waals surface area contributed by atoms with Crippen LogP contribution >= 0.6 is 11.3 Å². The maximum atomic E-state index is 15.2. The minimum absolute atomic E-state index is 0.167. The van der Waals surface area contributed by atoms with Crippen LogP contribution in [0.4, 0.5) is 5.69 Å². The molecular formula is C45H33N3O5S. The summed E-state index contributed by atoms with van der Waals surface area (Å²) in [5, 5.41) is 1.88. The Morgan fingerprint density at radius 1 is 0.796 bits per heavy atom. The Morgan fingerprint density at radius 2 is 1.43 bits per heavy atom. The van der Waals surface area contributed by atoms with Crippen molar-refractivity contribution in [1.82, 2.24) is 4.57 Å². The molecule has 1 saturated heterocycles. The van der Waals surface area contributed by atoms with Gasteiger partial charge in [0.2, 0.25) is 11.8 Å². The highest BCUT2D eigenvalue weighted by Crippen LogP contribution is 2.65. The predicted octanol–water partition coefficient (Wildman–Crippen LogP) is 6.15. The van der Waals surface area contributed by atoms with Crippen LogP contribution in [0.2, 0.25) is 0 Å². The number of allylic oxidation sites excluding steroid dienone is 1. The number of hydrogen-bond acceptors (Lipinski definition) is 7. The van der Waals surface area contributed by atoms with Crippen molar-refractivity contribution in [2.45, 2.75) is 31.2 Å². The molecule has 2 aliphatic heterocycles. The quantitative estimate of drug-likeness (QED) is 0.157. The molecule has 6 aromatic rings. The number of esters is 1. The van der Waals surface area contributed by atoms with Gasteiger partial charge in [0, 0.05) is 5.92 Å². The molecule has 9 heteroatoms. The third kappa shape index (κ3) is 4.27. The van der Waals surface area contributed by atoms with Crippen molar-refractivity contribution < 1.29 is 19.1 Å². The Bertz CT molecular complexity index is 2780. The highest BCUT2D eigenvalue weighted by atomic mass is 32.1. The lowest BCUT2D eigenvalue weighted by molar-refractivity contribution is -0.139. The van der Waals surface area contributed by atoms with Gasteiger partial charge in [-0.15, -0.1) is 0 Å². The smallest absolute Gasteiger partial charge is 0.338 e. The lowest BCUT2D eigenvalue weighted by Gasteiger charge is -2.53. The number of thiazole rings is 1. The molecule has 2 amide bonds. The maximum Gasteiger partial charge on any atom is 0.338 e. The number of para-hydroxylation sites is 1. The maximum absolute atomic E-state index is 15.2. The summed E-state index contributed by atoms with van der Waals surface area (Å²) in [5.74, 6) is -2.87. The van der Waals surface area contributed by atoms with Crippen LogP contribution in [0, 0.1) is 11.8 Å². The minimum atomic E-state index is -1.16. The van der Waals surface area contributed by atoms with Crippen LogP contribution in [-0.2, 0) is 24.5 Å². The van der Waals surface area contributed by atoms with Crippen molar-refractivity contribution in [3.8, 4) is 0 Å². The second kappa shape index (κ2) is 11.9. The second-order valence-electron chi connectivity index (χ2n) is 14.2. The van der Waals surface area contributed by atoms with E-state index in [0.29, 0.717) is 26.3 Å². The van der Waals surface area contributed by atoms with E-state index in [2.05, 4.69) is 12.1 Å². The largest absolute Gasteiger partial charge is 0.463 e. The Morgan fingerprint density at radius 3 is 2.15 bits per heavy atom. The topological polar surface area (TPSA) is 98.0 Å². The number of ether oxygens (including phenoxy) is 1. The van der Waals surface area contributed by atoms with Gasteiger partial charge >= 0.3 is 5.97 Å². The fourth-order valence-electron chi connectivity index (χ4n) is 9.69. The molecule has 3 aliphatic carbocycles. The number of benzene rings is 5. The number of hydrogen-bond donors (Lipinski definition) is 0. The summed E-state index contributed by atoms with van der Waals surface area (Å²) in [5.41, 5.74) is 4.36. The first kappa shape index (κ1) is 32.5. The fourth-order valence-corrected chi connectivity index (χ4v) is 10.8. The van der Waals surface area contributed by atoms with E-state index in [9.17, 15) is 14.4 Å². The van der Waals surface area contributed by atoms with E-state index in [-0.39, 0.29) is 29.9 Å². The number of amides is 2. The van der Waals surface area contributed by atoms with Crippen molar-refractivity contribution in [3.63, 3.8) is 0 Å². The van der Waals surface area contributed by atoms with Gasteiger partial charge in [0.1, 0.15) is 0 Å².